The fraction of sp³-hybridized carbons (Fsp3) is 0.533. The van der Waals surface area contributed by atoms with Gasteiger partial charge in [0.25, 0.3) is 0 Å². The van der Waals surface area contributed by atoms with Crippen LogP contribution in [0.4, 0.5) is 17.6 Å². The average molecular weight is 321 g/mol. The predicted molar refractivity (Wildman–Crippen MR) is 73.5 cm³/mol. The fourth-order valence-electron chi connectivity index (χ4n) is 1.93. The van der Waals surface area contributed by atoms with E-state index in [0.29, 0.717) is 0 Å². The minimum atomic E-state index is -4.68. The molecule has 0 spiro atoms. The minimum absolute atomic E-state index is 0.0693. The molecule has 0 saturated heterocycles. The molecule has 0 fully saturated rings. The number of alkyl halides is 3. The van der Waals surface area contributed by atoms with Gasteiger partial charge in [-0.1, -0.05) is 18.2 Å². The maximum atomic E-state index is 13.7. The van der Waals surface area contributed by atoms with Crippen molar-refractivity contribution in [3.05, 3.63) is 35.6 Å². The number of hydrogen-bond acceptors (Lipinski definition) is 3. The zero-order valence-electron chi connectivity index (χ0n) is 12.6. The van der Waals surface area contributed by atoms with Crippen LogP contribution in [0.25, 0.3) is 0 Å². The summed E-state index contributed by atoms with van der Waals surface area (Å²) in [6.07, 6.45) is -6.88. The van der Waals surface area contributed by atoms with E-state index in [9.17, 15) is 22.4 Å². The SMILES string of the molecule is CC(C)(C)OC(=O)[C@@](N)(Cc1ccccc1F)CC(F)(F)F. The molecule has 0 aliphatic heterocycles. The Morgan fingerprint density at radius 1 is 1.18 bits per heavy atom. The summed E-state index contributed by atoms with van der Waals surface area (Å²) in [6.45, 7) is 4.55. The highest BCUT2D eigenvalue weighted by atomic mass is 19.4. The third-order valence-corrected chi connectivity index (χ3v) is 2.79. The molecule has 1 aromatic rings. The Labute approximate surface area is 126 Å². The van der Waals surface area contributed by atoms with E-state index in [1.54, 1.807) is 0 Å². The molecule has 0 heterocycles. The van der Waals surface area contributed by atoms with Crippen LogP contribution in [0.5, 0.6) is 0 Å². The standard InChI is InChI=1S/C15H19F4NO2/c1-13(2,3)22-12(21)14(20,9-15(17,18)19)8-10-6-4-5-7-11(10)16/h4-7H,8-9,20H2,1-3H3/t14-/m1/s1. The quantitative estimate of drug-likeness (QED) is 0.683. The van der Waals surface area contributed by atoms with E-state index < -0.39 is 41.9 Å². The smallest absolute Gasteiger partial charge is 0.391 e. The molecule has 2 N–H and O–H groups in total. The van der Waals surface area contributed by atoms with Crippen LogP contribution >= 0.6 is 0 Å². The maximum absolute atomic E-state index is 13.7. The van der Waals surface area contributed by atoms with Crippen molar-refractivity contribution in [1.29, 1.82) is 0 Å². The molecule has 1 aromatic carbocycles. The average Bonchev–Trinajstić information content (AvgIpc) is 2.27. The number of benzene rings is 1. The second-order valence-electron chi connectivity index (χ2n) is 6.22. The Morgan fingerprint density at radius 2 is 1.73 bits per heavy atom. The first-order chi connectivity index (χ1) is 9.82. The molecule has 124 valence electrons. The molecule has 0 aromatic heterocycles. The van der Waals surface area contributed by atoms with Gasteiger partial charge in [-0.15, -0.1) is 0 Å². The van der Waals surface area contributed by atoms with Crippen LogP contribution in [-0.2, 0) is 16.0 Å². The van der Waals surface area contributed by atoms with Crippen molar-refractivity contribution in [3.63, 3.8) is 0 Å². The fourth-order valence-corrected chi connectivity index (χ4v) is 1.93. The lowest BCUT2D eigenvalue weighted by atomic mass is 9.87. The van der Waals surface area contributed by atoms with Crippen LogP contribution in [-0.4, -0.2) is 23.3 Å². The topological polar surface area (TPSA) is 52.3 Å². The number of ether oxygens (including phenoxy) is 1. The zero-order valence-corrected chi connectivity index (χ0v) is 12.6. The van der Waals surface area contributed by atoms with Gasteiger partial charge in [0, 0.05) is 6.42 Å². The highest BCUT2D eigenvalue weighted by Crippen LogP contribution is 2.31. The van der Waals surface area contributed by atoms with Crippen molar-refractivity contribution in [3.8, 4) is 0 Å². The number of esters is 1. The number of hydrogen-bond donors (Lipinski definition) is 1. The van der Waals surface area contributed by atoms with Crippen molar-refractivity contribution in [1.82, 2.24) is 0 Å². The summed E-state index contributed by atoms with van der Waals surface area (Å²) in [5, 5.41) is 0. The Kier molecular flexibility index (Phi) is 5.22. The first-order valence-electron chi connectivity index (χ1n) is 6.65. The van der Waals surface area contributed by atoms with Gasteiger partial charge in [0.05, 0.1) is 6.42 Å². The monoisotopic (exact) mass is 321 g/mol. The normalized spacial score (nSPS) is 15.3. The minimum Gasteiger partial charge on any atom is -0.459 e. The number of carbonyl (C=O) groups excluding carboxylic acids is 1. The molecular formula is C15H19F4NO2. The van der Waals surface area contributed by atoms with Crippen molar-refractivity contribution in [2.24, 2.45) is 5.73 Å². The van der Waals surface area contributed by atoms with E-state index in [2.05, 4.69) is 0 Å². The van der Waals surface area contributed by atoms with Crippen molar-refractivity contribution >= 4 is 5.97 Å². The second kappa shape index (κ2) is 6.24. The summed E-state index contributed by atoms with van der Waals surface area (Å²) < 4.78 is 56.9. The first-order valence-corrected chi connectivity index (χ1v) is 6.65. The highest BCUT2D eigenvalue weighted by Gasteiger charge is 2.47. The predicted octanol–water partition coefficient (Wildman–Crippen LogP) is 3.36. The Hall–Kier alpha value is -1.63. The Morgan fingerprint density at radius 3 is 2.18 bits per heavy atom. The molecule has 0 saturated carbocycles. The summed E-state index contributed by atoms with van der Waals surface area (Å²) in [5.41, 5.74) is 2.23. The van der Waals surface area contributed by atoms with Gasteiger partial charge < -0.3 is 10.5 Å². The third-order valence-electron chi connectivity index (χ3n) is 2.79. The lowest BCUT2D eigenvalue weighted by Gasteiger charge is -2.32. The van der Waals surface area contributed by atoms with E-state index >= 15 is 0 Å². The van der Waals surface area contributed by atoms with Crippen molar-refractivity contribution in [2.75, 3.05) is 0 Å². The van der Waals surface area contributed by atoms with E-state index in [1.165, 1.54) is 39.0 Å². The number of nitrogens with two attached hydrogens (primary N) is 1. The Balaban J connectivity index is 3.12. The van der Waals surface area contributed by atoms with Crippen LogP contribution in [0.3, 0.4) is 0 Å². The molecule has 3 nitrogen and oxygen atoms in total. The van der Waals surface area contributed by atoms with Crippen molar-refractivity contribution < 1.29 is 27.1 Å². The number of rotatable bonds is 4. The molecule has 1 atom stereocenters. The largest absolute Gasteiger partial charge is 0.459 e. The summed E-state index contributed by atoms with van der Waals surface area (Å²) in [7, 11) is 0. The second-order valence-corrected chi connectivity index (χ2v) is 6.22. The molecule has 7 heteroatoms. The summed E-state index contributed by atoms with van der Waals surface area (Å²) in [6, 6.07) is 5.24. The summed E-state index contributed by atoms with van der Waals surface area (Å²) in [5.74, 6) is -1.93. The van der Waals surface area contributed by atoms with E-state index in [-0.39, 0.29) is 5.56 Å². The van der Waals surface area contributed by atoms with Gasteiger partial charge in [0.1, 0.15) is 17.0 Å². The zero-order chi connectivity index (χ0) is 17.2. The van der Waals surface area contributed by atoms with Crippen LogP contribution in [0.15, 0.2) is 24.3 Å². The van der Waals surface area contributed by atoms with Crippen LogP contribution in [0.1, 0.15) is 32.8 Å². The molecular weight excluding hydrogens is 302 g/mol. The Bertz CT molecular complexity index is 537. The number of carbonyl (C=O) groups is 1. The van der Waals surface area contributed by atoms with Gasteiger partial charge in [-0.3, -0.25) is 4.79 Å². The maximum Gasteiger partial charge on any atom is 0.391 e. The van der Waals surface area contributed by atoms with E-state index in [4.69, 9.17) is 10.5 Å². The van der Waals surface area contributed by atoms with Gasteiger partial charge in [0.2, 0.25) is 0 Å². The van der Waals surface area contributed by atoms with Crippen LogP contribution in [0, 0.1) is 5.82 Å². The third kappa shape index (κ3) is 5.63. The lowest BCUT2D eigenvalue weighted by molar-refractivity contribution is -0.179. The molecule has 0 aliphatic rings. The molecule has 22 heavy (non-hydrogen) atoms. The molecule has 0 aliphatic carbocycles. The van der Waals surface area contributed by atoms with Gasteiger partial charge in [-0.2, -0.15) is 13.2 Å². The van der Waals surface area contributed by atoms with Crippen molar-refractivity contribution in [2.45, 2.75) is 50.9 Å². The van der Waals surface area contributed by atoms with E-state index in [0.717, 1.165) is 6.07 Å². The lowest BCUT2D eigenvalue weighted by Crippen LogP contribution is -2.55. The summed E-state index contributed by atoms with van der Waals surface area (Å²) >= 11 is 0. The van der Waals surface area contributed by atoms with Crippen LogP contribution in [0.2, 0.25) is 0 Å². The van der Waals surface area contributed by atoms with Gasteiger partial charge in [-0.25, -0.2) is 4.39 Å². The number of halogens is 4. The van der Waals surface area contributed by atoms with Crippen LogP contribution < -0.4 is 5.73 Å². The molecule has 1 rings (SSSR count). The molecule has 0 amide bonds. The molecule has 0 bridgehead atoms. The van der Waals surface area contributed by atoms with E-state index in [1.807, 2.05) is 0 Å². The summed E-state index contributed by atoms with van der Waals surface area (Å²) in [4.78, 5) is 12.1. The van der Waals surface area contributed by atoms with Gasteiger partial charge in [-0.05, 0) is 32.4 Å². The highest BCUT2D eigenvalue weighted by molar-refractivity contribution is 5.81. The van der Waals surface area contributed by atoms with Gasteiger partial charge in [0.15, 0.2) is 0 Å². The molecule has 0 radical (unpaired) electrons. The first kappa shape index (κ1) is 18.4. The molecule has 0 unspecified atom stereocenters. The van der Waals surface area contributed by atoms with Gasteiger partial charge >= 0.3 is 12.1 Å².